The number of nitrogens with zero attached hydrogens (tertiary/aromatic N) is 1. The summed E-state index contributed by atoms with van der Waals surface area (Å²) in [5.74, 6) is 0.920. The summed E-state index contributed by atoms with van der Waals surface area (Å²) in [7, 11) is 0. The van der Waals surface area contributed by atoms with Crippen molar-refractivity contribution in [3.05, 3.63) is 29.8 Å². The van der Waals surface area contributed by atoms with Crippen LogP contribution in [0, 0.1) is 5.92 Å². The summed E-state index contributed by atoms with van der Waals surface area (Å²) in [4.78, 5) is 20.9. The van der Waals surface area contributed by atoms with E-state index >= 15 is 0 Å². The van der Waals surface area contributed by atoms with Gasteiger partial charge in [-0.25, -0.2) is 0 Å². The average Bonchev–Trinajstić information content (AvgIpc) is 2.38. The van der Waals surface area contributed by atoms with Crippen LogP contribution in [0.15, 0.2) is 29.3 Å². The van der Waals surface area contributed by atoms with Crippen molar-refractivity contribution in [2.45, 2.75) is 43.1 Å². The SMILES string of the molecule is CC1=NC(CC(C)C)C(=O)[O][Sn]([CH3])([CH3])[O]c2ccccc21. The van der Waals surface area contributed by atoms with Crippen molar-refractivity contribution in [1.82, 2.24) is 0 Å². The number of hydrogen-bond acceptors (Lipinski definition) is 4. The van der Waals surface area contributed by atoms with Gasteiger partial charge in [-0.3, -0.25) is 0 Å². The molecule has 4 nitrogen and oxygen atoms in total. The van der Waals surface area contributed by atoms with Crippen LogP contribution >= 0.6 is 0 Å². The fourth-order valence-electron chi connectivity index (χ4n) is 2.40. The maximum atomic E-state index is 12.4. The number of hydrogen-bond donors (Lipinski definition) is 0. The molecule has 0 radical (unpaired) electrons. The second-order valence-corrected chi connectivity index (χ2v) is 15.4. The predicted molar refractivity (Wildman–Crippen MR) is 86.1 cm³/mol. The molecule has 0 saturated heterocycles. The molecule has 1 heterocycles. The van der Waals surface area contributed by atoms with Gasteiger partial charge in [0.05, 0.1) is 0 Å². The van der Waals surface area contributed by atoms with Crippen molar-refractivity contribution in [1.29, 1.82) is 0 Å². The Morgan fingerprint density at radius 2 is 1.90 bits per heavy atom. The van der Waals surface area contributed by atoms with Gasteiger partial charge in [-0.15, -0.1) is 0 Å². The first-order valence-electron chi connectivity index (χ1n) is 7.34. The zero-order valence-electron chi connectivity index (χ0n) is 13.3. The molecular formula is C16H23NO3Sn. The van der Waals surface area contributed by atoms with Crippen molar-refractivity contribution in [3.63, 3.8) is 0 Å². The molecule has 1 aromatic rings. The van der Waals surface area contributed by atoms with Crippen molar-refractivity contribution in [3.8, 4) is 5.75 Å². The van der Waals surface area contributed by atoms with E-state index in [1.54, 1.807) is 0 Å². The maximum absolute atomic E-state index is 12.4. The average molecular weight is 396 g/mol. The van der Waals surface area contributed by atoms with Crippen LogP contribution in [0.3, 0.4) is 0 Å². The van der Waals surface area contributed by atoms with Gasteiger partial charge in [0.2, 0.25) is 0 Å². The van der Waals surface area contributed by atoms with E-state index in [2.05, 4.69) is 18.8 Å². The van der Waals surface area contributed by atoms with Crippen molar-refractivity contribution < 1.29 is 10.9 Å². The quantitative estimate of drug-likeness (QED) is 0.719. The van der Waals surface area contributed by atoms with Crippen LogP contribution in [0.5, 0.6) is 5.75 Å². The molecule has 1 aliphatic heterocycles. The number of carbonyl (C=O) groups is 1. The van der Waals surface area contributed by atoms with Gasteiger partial charge in [0.1, 0.15) is 0 Å². The molecule has 0 saturated carbocycles. The molecular weight excluding hydrogens is 373 g/mol. The van der Waals surface area contributed by atoms with E-state index in [0.29, 0.717) is 12.3 Å². The van der Waals surface area contributed by atoms with Crippen LogP contribution in [-0.2, 0) is 7.87 Å². The van der Waals surface area contributed by atoms with Gasteiger partial charge in [-0.05, 0) is 0 Å². The predicted octanol–water partition coefficient (Wildman–Crippen LogP) is 3.55. The Morgan fingerprint density at radius 1 is 1.24 bits per heavy atom. The monoisotopic (exact) mass is 397 g/mol. The third kappa shape index (κ3) is 4.22. The summed E-state index contributed by atoms with van der Waals surface area (Å²) >= 11 is -3.36. The van der Waals surface area contributed by atoms with Crippen LogP contribution in [-0.4, -0.2) is 36.9 Å². The summed E-state index contributed by atoms with van der Waals surface area (Å²) in [6.45, 7) is 6.10. The van der Waals surface area contributed by atoms with Gasteiger partial charge in [-0.2, -0.15) is 0 Å². The molecule has 0 bridgehead atoms. The summed E-state index contributed by atoms with van der Waals surface area (Å²) in [5, 5.41) is 0. The molecule has 0 aliphatic carbocycles. The zero-order chi connectivity index (χ0) is 15.6. The van der Waals surface area contributed by atoms with Crippen molar-refractivity contribution >= 4 is 30.9 Å². The molecule has 0 fully saturated rings. The van der Waals surface area contributed by atoms with Gasteiger partial charge in [0, 0.05) is 0 Å². The summed E-state index contributed by atoms with van der Waals surface area (Å²) < 4.78 is 11.8. The first kappa shape index (κ1) is 16.3. The Bertz CT molecular complexity index is 566. The van der Waals surface area contributed by atoms with Crippen LogP contribution in [0.2, 0.25) is 9.88 Å². The minimum atomic E-state index is -3.36. The minimum absolute atomic E-state index is 0.239. The number of rotatable bonds is 2. The Labute approximate surface area is 131 Å². The molecule has 5 heteroatoms. The Hall–Kier alpha value is -1.04. The second kappa shape index (κ2) is 6.38. The number of carbonyl (C=O) groups excluding carboxylic acids is 1. The molecule has 1 aliphatic rings. The molecule has 1 aromatic carbocycles. The normalized spacial score (nSPS) is 21.3. The van der Waals surface area contributed by atoms with Gasteiger partial charge < -0.3 is 0 Å². The number of aliphatic imine (C=N–C) groups is 1. The van der Waals surface area contributed by atoms with Gasteiger partial charge in [0.25, 0.3) is 0 Å². The Morgan fingerprint density at radius 3 is 2.57 bits per heavy atom. The number of fused-ring (bicyclic) bond motifs is 1. The van der Waals surface area contributed by atoms with Gasteiger partial charge in [-0.1, -0.05) is 0 Å². The Balaban J connectivity index is 2.48. The van der Waals surface area contributed by atoms with E-state index in [0.717, 1.165) is 17.0 Å². The molecule has 1 unspecified atom stereocenters. The number of para-hydroxylation sites is 1. The molecule has 0 spiro atoms. The molecule has 0 aromatic heterocycles. The van der Waals surface area contributed by atoms with E-state index in [9.17, 15) is 4.79 Å². The van der Waals surface area contributed by atoms with Crippen LogP contribution in [0.1, 0.15) is 32.8 Å². The van der Waals surface area contributed by atoms with Crippen LogP contribution in [0.4, 0.5) is 0 Å². The third-order valence-corrected chi connectivity index (χ3v) is 7.30. The van der Waals surface area contributed by atoms with E-state index in [4.69, 9.17) is 6.15 Å². The zero-order valence-corrected chi connectivity index (χ0v) is 16.2. The molecule has 2 rings (SSSR count). The van der Waals surface area contributed by atoms with E-state index in [1.807, 2.05) is 41.1 Å². The van der Waals surface area contributed by atoms with Crippen LogP contribution in [0.25, 0.3) is 0 Å². The topological polar surface area (TPSA) is 47.9 Å². The molecule has 21 heavy (non-hydrogen) atoms. The molecule has 1 atom stereocenters. The summed E-state index contributed by atoms with van der Waals surface area (Å²) in [6, 6.07) is 7.36. The third-order valence-electron chi connectivity index (χ3n) is 3.30. The summed E-state index contributed by atoms with van der Waals surface area (Å²) in [6.07, 6.45) is 0.695. The van der Waals surface area contributed by atoms with Gasteiger partial charge in [0.15, 0.2) is 0 Å². The van der Waals surface area contributed by atoms with Crippen LogP contribution < -0.4 is 3.07 Å². The second-order valence-electron chi connectivity index (χ2n) is 6.28. The molecule has 114 valence electrons. The molecule has 0 N–H and O–H groups in total. The standard InChI is InChI=1S/C14H19NO3.2CH3.Sn/c1-9(2)8-12(14(17)18)15-10(3)11-6-4-5-7-13(11)16;;;/h4-7,9,12,16H,8H2,1-3H3,(H,17,18);2*1H3;/q;;;+2/p-2. The van der Waals surface area contributed by atoms with E-state index in [1.165, 1.54) is 0 Å². The summed E-state index contributed by atoms with van der Waals surface area (Å²) in [5.41, 5.74) is 1.78. The van der Waals surface area contributed by atoms with E-state index in [-0.39, 0.29) is 5.97 Å². The first-order valence-corrected chi connectivity index (χ1v) is 15.4. The number of benzene rings is 1. The first-order chi connectivity index (χ1) is 9.78. The van der Waals surface area contributed by atoms with Gasteiger partial charge >= 0.3 is 131 Å². The Kier molecular flexibility index (Phi) is 4.96. The van der Waals surface area contributed by atoms with Crippen molar-refractivity contribution in [2.24, 2.45) is 10.9 Å². The fourth-order valence-corrected chi connectivity index (χ4v) is 6.31. The van der Waals surface area contributed by atoms with Crippen molar-refractivity contribution in [2.75, 3.05) is 0 Å². The molecule has 0 amide bonds. The fraction of sp³-hybridized carbons (Fsp3) is 0.500. The van der Waals surface area contributed by atoms with E-state index < -0.39 is 25.2 Å².